The Morgan fingerprint density at radius 3 is 1.86 bits per heavy atom. The number of likely N-dealkylation sites (N-methyl/N-ethyl adjacent to an activating group) is 1. The van der Waals surface area contributed by atoms with E-state index in [4.69, 9.17) is 18.5 Å². The largest absolute Gasteiger partial charge is 0.472 e. The van der Waals surface area contributed by atoms with Crippen molar-refractivity contribution in [3.63, 3.8) is 0 Å². The third-order valence-corrected chi connectivity index (χ3v) is 6.37. The quantitative estimate of drug-likeness (QED) is 0.0820. The second-order valence-corrected chi connectivity index (χ2v) is 11.5. The molecular weight excluding hydrogens is 473 g/mol. The van der Waals surface area contributed by atoms with Crippen LogP contribution in [0.15, 0.2) is 0 Å². The molecule has 0 aliphatic heterocycles. The van der Waals surface area contributed by atoms with Crippen molar-refractivity contribution in [2.24, 2.45) is 0 Å². The minimum absolute atomic E-state index is 0.0345. The normalized spacial score (nSPS) is 14.3. The maximum atomic E-state index is 12.3. The highest BCUT2D eigenvalue weighted by Crippen LogP contribution is 2.43. The Morgan fingerprint density at radius 1 is 0.771 bits per heavy atom. The van der Waals surface area contributed by atoms with Crippen LogP contribution in [0.2, 0.25) is 0 Å². The van der Waals surface area contributed by atoms with Crippen LogP contribution < -0.4 is 0 Å². The van der Waals surface area contributed by atoms with E-state index in [2.05, 4.69) is 13.8 Å². The van der Waals surface area contributed by atoms with E-state index in [1.165, 1.54) is 19.3 Å². The van der Waals surface area contributed by atoms with Crippen LogP contribution in [0.4, 0.5) is 0 Å². The Labute approximate surface area is 213 Å². The number of esters is 2. The number of ether oxygens (including phenoxy) is 2. The number of carbonyl (C=O) groups excluding carboxylic acids is 2. The van der Waals surface area contributed by atoms with Gasteiger partial charge < -0.3 is 18.9 Å². The molecular formula is C25H51NO8P+. The molecule has 0 rings (SSSR count). The first-order valence-corrected chi connectivity index (χ1v) is 14.8. The molecule has 0 radical (unpaired) electrons. The maximum absolute atomic E-state index is 12.3. The summed E-state index contributed by atoms with van der Waals surface area (Å²) in [6, 6.07) is 0. The molecule has 0 fully saturated rings. The number of hydrogen-bond acceptors (Lipinski definition) is 7. The summed E-state index contributed by atoms with van der Waals surface area (Å²) in [5, 5.41) is 0. The second kappa shape index (κ2) is 20.1. The molecule has 0 aliphatic rings. The minimum Gasteiger partial charge on any atom is -0.462 e. The zero-order valence-corrected chi connectivity index (χ0v) is 23.7. The lowest BCUT2D eigenvalue weighted by molar-refractivity contribution is -0.870. The highest BCUT2D eigenvalue weighted by Gasteiger charge is 2.27. The van der Waals surface area contributed by atoms with Gasteiger partial charge in [0.1, 0.15) is 19.8 Å². The van der Waals surface area contributed by atoms with E-state index in [1.54, 1.807) is 0 Å². The smallest absolute Gasteiger partial charge is 0.462 e. The third-order valence-electron chi connectivity index (χ3n) is 5.39. The van der Waals surface area contributed by atoms with E-state index in [0.29, 0.717) is 17.4 Å². The van der Waals surface area contributed by atoms with E-state index < -0.39 is 26.5 Å². The summed E-state index contributed by atoms with van der Waals surface area (Å²) in [6.45, 7) is 4.19. The monoisotopic (exact) mass is 524 g/mol. The number of carbonyl (C=O) groups is 2. The van der Waals surface area contributed by atoms with E-state index in [9.17, 15) is 19.0 Å². The predicted octanol–water partition coefficient (Wildman–Crippen LogP) is 5.39. The van der Waals surface area contributed by atoms with Crippen molar-refractivity contribution in [2.75, 3.05) is 47.5 Å². The topological polar surface area (TPSA) is 108 Å². The number of unbranched alkanes of at least 4 members (excludes halogenated alkanes) is 9. The van der Waals surface area contributed by atoms with E-state index in [0.717, 1.165) is 44.9 Å². The van der Waals surface area contributed by atoms with Crippen molar-refractivity contribution in [2.45, 2.75) is 103 Å². The van der Waals surface area contributed by atoms with E-state index in [1.807, 2.05) is 21.1 Å². The van der Waals surface area contributed by atoms with Crippen LogP contribution in [0.3, 0.4) is 0 Å². The van der Waals surface area contributed by atoms with Crippen molar-refractivity contribution in [3.8, 4) is 0 Å². The Morgan fingerprint density at radius 2 is 1.29 bits per heavy atom. The molecule has 0 saturated heterocycles. The van der Waals surface area contributed by atoms with Crippen molar-refractivity contribution in [1.82, 2.24) is 0 Å². The van der Waals surface area contributed by atoms with Gasteiger partial charge in [0.15, 0.2) is 6.10 Å². The summed E-state index contributed by atoms with van der Waals surface area (Å²) < 4.78 is 33.5. The van der Waals surface area contributed by atoms with Crippen LogP contribution in [0.1, 0.15) is 97.3 Å². The summed E-state index contributed by atoms with van der Waals surface area (Å²) in [4.78, 5) is 34.3. The van der Waals surface area contributed by atoms with Crippen LogP contribution in [-0.4, -0.2) is 74.9 Å². The van der Waals surface area contributed by atoms with Gasteiger partial charge in [-0.25, -0.2) is 4.57 Å². The molecule has 0 aromatic rings. The summed E-state index contributed by atoms with van der Waals surface area (Å²) in [5.41, 5.74) is 0. The summed E-state index contributed by atoms with van der Waals surface area (Å²) in [5.74, 6) is -0.828. The second-order valence-electron chi connectivity index (χ2n) is 10.1. The minimum atomic E-state index is -4.33. The van der Waals surface area contributed by atoms with Crippen molar-refractivity contribution in [3.05, 3.63) is 0 Å². The first kappa shape index (κ1) is 34.0. The lowest BCUT2D eigenvalue weighted by atomic mass is 10.1. The lowest BCUT2D eigenvalue weighted by Gasteiger charge is -2.24. The molecule has 208 valence electrons. The molecule has 2 unspecified atom stereocenters. The van der Waals surface area contributed by atoms with E-state index >= 15 is 0 Å². The number of rotatable bonds is 23. The Hall–Kier alpha value is -0.990. The predicted molar refractivity (Wildman–Crippen MR) is 137 cm³/mol. The fraction of sp³-hybridized carbons (Fsp3) is 0.920. The van der Waals surface area contributed by atoms with Gasteiger partial charge in [0.25, 0.3) is 0 Å². The summed E-state index contributed by atoms with van der Waals surface area (Å²) in [7, 11) is 1.47. The number of hydrogen-bond donors (Lipinski definition) is 1. The van der Waals surface area contributed by atoms with Gasteiger partial charge in [-0.15, -0.1) is 0 Å². The molecule has 0 amide bonds. The van der Waals surface area contributed by atoms with Gasteiger partial charge >= 0.3 is 19.8 Å². The van der Waals surface area contributed by atoms with Crippen LogP contribution >= 0.6 is 7.82 Å². The molecule has 0 aliphatic carbocycles. The molecule has 9 nitrogen and oxygen atoms in total. The summed E-state index contributed by atoms with van der Waals surface area (Å²) in [6.07, 6.45) is 10.9. The van der Waals surface area contributed by atoms with Crippen molar-refractivity contribution in [1.29, 1.82) is 0 Å². The van der Waals surface area contributed by atoms with Crippen molar-refractivity contribution < 1.29 is 42.1 Å². The van der Waals surface area contributed by atoms with Gasteiger partial charge in [0, 0.05) is 12.8 Å². The molecule has 2 atom stereocenters. The van der Waals surface area contributed by atoms with Gasteiger partial charge in [-0.05, 0) is 12.8 Å². The third kappa shape index (κ3) is 23.2. The fourth-order valence-electron chi connectivity index (χ4n) is 3.19. The number of quaternary nitrogens is 1. The number of nitrogens with zero attached hydrogens (tertiary/aromatic N) is 1. The molecule has 35 heavy (non-hydrogen) atoms. The molecule has 0 saturated carbocycles. The highest BCUT2D eigenvalue weighted by molar-refractivity contribution is 7.47. The summed E-state index contributed by atoms with van der Waals surface area (Å²) >= 11 is 0. The SMILES string of the molecule is CCCCCCCCCC(=O)OC(COC(=O)CCCCCC)COP(=O)(O)OCC[N+](C)(C)C. The number of phosphoric ester groups is 1. The molecule has 0 bridgehead atoms. The zero-order valence-electron chi connectivity index (χ0n) is 22.8. The van der Waals surface area contributed by atoms with Gasteiger partial charge in [0.05, 0.1) is 27.7 Å². The van der Waals surface area contributed by atoms with Gasteiger partial charge in [-0.1, -0.05) is 71.6 Å². The van der Waals surface area contributed by atoms with Crippen LogP contribution in [-0.2, 0) is 32.7 Å². The van der Waals surface area contributed by atoms with Crippen LogP contribution in [0.25, 0.3) is 0 Å². The molecule has 0 aromatic heterocycles. The first-order valence-electron chi connectivity index (χ1n) is 13.3. The lowest BCUT2D eigenvalue weighted by Crippen LogP contribution is -2.37. The maximum Gasteiger partial charge on any atom is 0.472 e. The molecule has 0 heterocycles. The number of phosphoric acid groups is 1. The Kier molecular flexibility index (Phi) is 19.5. The zero-order chi connectivity index (χ0) is 26.6. The Balaban J connectivity index is 4.60. The highest BCUT2D eigenvalue weighted by atomic mass is 31.2. The van der Waals surface area contributed by atoms with Crippen molar-refractivity contribution >= 4 is 19.8 Å². The average Bonchev–Trinajstić information content (AvgIpc) is 2.77. The fourth-order valence-corrected chi connectivity index (χ4v) is 3.93. The Bertz CT molecular complexity index is 609. The van der Waals surface area contributed by atoms with E-state index in [-0.39, 0.29) is 32.0 Å². The average molecular weight is 525 g/mol. The molecule has 10 heteroatoms. The van der Waals surface area contributed by atoms with Gasteiger partial charge in [0.2, 0.25) is 0 Å². The van der Waals surface area contributed by atoms with Crippen LogP contribution in [0, 0.1) is 0 Å². The molecule has 0 aromatic carbocycles. The molecule has 0 spiro atoms. The molecule has 1 N–H and O–H groups in total. The first-order chi connectivity index (χ1) is 16.5. The standard InChI is InChI=1S/C25H50NO8P/c1-6-8-10-12-13-14-16-18-25(28)34-23(21-31-24(27)17-15-11-9-7-2)22-33-35(29,30)32-20-19-26(3,4)5/h23H,6-22H2,1-5H3/p+1. The van der Waals surface area contributed by atoms with Gasteiger partial charge in [-0.3, -0.25) is 18.6 Å². The van der Waals surface area contributed by atoms with Gasteiger partial charge in [-0.2, -0.15) is 0 Å². The van der Waals surface area contributed by atoms with Crippen LogP contribution in [0.5, 0.6) is 0 Å².